The second-order valence-corrected chi connectivity index (χ2v) is 8.52. The fourth-order valence-corrected chi connectivity index (χ4v) is 4.21. The van der Waals surface area contributed by atoms with E-state index in [0.29, 0.717) is 5.56 Å². The van der Waals surface area contributed by atoms with Crippen LogP contribution in [-0.2, 0) is 20.3 Å². The van der Waals surface area contributed by atoms with Gasteiger partial charge in [0.2, 0.25) is 5.75 Å². The number of hydrogen-bond acceptors (Lipinski definition) is 8. The quantitative estimate of drug-likeness (QED) is 0.388. The van der Waals surface area contributed by atoms with Crippen LogP contribution in [0, 0.1) is 11.3 Å². The second-order valence-electron chi connectivity index (χ2n) is 8.52. The van der Waals surface area contributed by atoms with Gasteiger partial charge in [-0.15, -0.1) is 0 Å². The minimum Gasteiger partial charge on any atom is -0.501 e. The number of nitriles is 1. The number of aromatic nitrogens is 5. The van der Waals surface area contributed by atoms with Crippen LogP contribution in [0.1, 0.15) is 57.3 Å². The molecule has 0 aliphatic rings. The van der Waals surface area contributed by atoms with Crippen molar-refractivity contribution in [2.24, 2.45) is 14.1 Å². The van der Waals surface area contributed by atoms with E-state index < -0.39 is 46.5 Å². The number of nitrogens with one attached hydrogen (secondary N) is 1. The molecule has 38 heavy (non-hydrogen) atoms. The third kappa shape index (κ3) is 4.85. The highest BCUT2D eigenvalue weighted by Crippen LogP contribution is 2.41. The number of rotatable bonds is 6. The smallest absolute Gasteiger partial charge is 0.416 e. The molecular weight excluding hydrogens is 507 g/mol. The van der Waals surface area contributed by atoms with Crippen molar-refractivity contribution in [3.05, 3.63) is 87.2 Å². The lowest BCUT2D eigenvalue weighted by Gasteiger charge is -2.26. The standard InChI is InChI=1S/C24H20F3N7O4/c1-12(21-32-19(20(35)23(37)34(21)3)22(36)31-16-9-30-38-11-16)18(14-8-29-33(2)10-14)17-6-15(24(25,26)27)5-4-13(17)7-28/h4-6,8-12,18,35H,1-3H3,(H,31,36)/t12-,18+/m0/s1. The van der Waals surface area contributed by atoms with Crippen LogP contribution < -0.4 is 10.9 Å². The average molecular weight is 527 g/mol. The summed E-state index contributed by atoms with van der Waals surface area (Å²) in [7, 11) is 2.92. The van der Waals surface area contributed by atoms with Crippen LogP contribution in [0.15, 0.2) is 52.4 Å². The van der Waals surface area contributed by atoms with Crippen LogP contribution in [0.3, 0.4) is 0 Å². The van der Waals surface area contributed by atoms with Gasteiger partial charge in [0.05, 0.1) is 29.6 Å². The first kappa shape index (κ1) is 26.1. The number of benzene rings is 1. The Morgan fingerprint density at radius 3 is 2.58 bits per heavy atom. The Labute approximate surface area is 212 Å². The van der Waals surface area contributed by atoms with Gasteiger partial charge in [0.25, 0.3) is 11.5 Å². The number of carbonyl (C=O) groups is 1. The van der Waals surface area contributed by atoms with Crippen molar-refractivity contribution in [2.75, 3.05) is 5.32 Å². The fraction of sp³-hybridized carbons (Fsp3) is 0.250. The Morgan fingerprint density at radius 1 is 1.26 bits per heavy atom. The molecule has 3 aromatic heterocycles. The first-order chi connectivity index (χ1) is 17.9. The highest BCUT2D eigenvalue weighted by atomic mass is 19.4. The molecular formula is C24H20F3N7O4. The van der Waals surface area contributed by atoms with Crippen molar-refractivity contribution in [3.63, 3.8) is 0 Å². The molecule has 0 spiro atoms. The van der Waals surface area contributed by atoms with Gasteiger partial charge >= 0.3 is 6.18 Å². The van der Waals surface area contributed by atoms with Crippen LogP contribution >= 0.6 is 0 Å². The molecule has 2 N–H and O–H groups in total. The van der Waals surface area contributed by atoms with Gasteiger partial charge in [-0.1, -0.05) is 12.1 Å². The SMILES string of the molecule is C[C@H](c1nc(C(=O)Nc2cnoc2)c(O)c(=O)n1C)[C@H](c1cnn(C)c1)c1cc(C(F)(F)F)ccc1C#N. The zero-order chi connectivity index (χ0) is 27.8. The molecule has 0 aliphatic carbocycles. The fourth-order valence-electron chi connectivity index (χ4n) is 4.21. The van der Waals surface area contributed by atoms with Crippen molar-refractivity contribution in [1.82, 2.24) is 24.5 Å². The molecule has 1 amide bonds. The molecule has 0 radical (unpaired) electrons. The van der Waals surface area contributed by atoms with E-state index in [9.17, 15) is 33.1 Å². The summed E-state index contributed by atoms with van der Waals surface area (Å²) in [5, 5.41) is 30.1. The Balaban J connectivity index is 1.91. The van der Waals surface area contributed by atoms with Crippen molar-refractivity contribution < 1.29 is 27.6 Å². The summed E-state index contributed by atoms with van der Waals surface area (Å²) >= 11 is 0. The first-order valence-corrected chi connectivity index (χ1v) is 11.0. The number of hydrogen-bond donors (Lipinski definition) is 2. The number of anilines is 1. The van der Waals surface area contributed by atoms with Crippen molar-refractivity contribution >= 4 is 11.6 Å². The average Bonchev–Trinajstić information content (AvgIpc) is 3.54. The maximum atomic E-state index is 13.6. The molecule has 3 heterocycles. The highest BCUT2D eigenvalue weighted by Gasteiger charge is 2.35. The minimum absolute atomic E-state index is 0.0205. The van der Waals surface area contributed by atoms with Crippen LogP contribution in [-0.4, -0.2) is 35.5 Å². The van der Waals surface area contributed by atoms with Crippen LogP contribution in [0.2, 0.25) is 0 Å². The highest BCUT2D eigenvalue weighted by molar-refractivity contribution is 6.04. The number of nitrogens with zero attached hydrogens (tertiary/aromatic N) is 6. The molecule has 0 aliphatic heterocycles. The number of alkyl halides is 3. The van der Waals surface area contributed by atoms with Gasteiger partial charge in [-0.05, 0) is 29.3 Å². The van der Waals surface area contributed by atoms with E-state index in [0.717, 1.165) is 29.0 Å². The monoisotopic (exact) mass is 527 g/mol. The van der Waals surface area contributed by atoms with Gasteiger partial charge in [0.1, 0.15) is 17.8 Å². The van der Waals surface area contributed by atoms with Crippen molar-refractivity contribution in [2.45, 2.75) is 24.9 Å². The summed E-state index contributed by atoms with van der Waals surface area (Å²) in [5.74, 6) is -3.72. The molecule has 4 aromatic rings. The Morgan fingerprint density at radius 2 is 2.00 bits per heavy atom. The Bertz CT molecular complexity index is 1600. The van der Waals surface area contributed by atoms with Crippen LogP contribution in [0.5, 0.6) is 5.75 Å². The van der Waals surface area contributed by atoms with Crippen LogP contribution in [0.4, 0.5) is 18.9 Å². The topological polar surface area (TPSA) is 152 Å². The molecule has 2 atom stereocenters. The van der Waals surface area contributed by atoms with Gasteiger partial charge in [-0.3, -0.25) is 18.8 Å². The largest absolute Gasteiger partial charge is 0.501 e. The predicted octanol–water partition coefficient (Wildman–Crippen LogP) is 3.29. The summed E-state index contributed by atoms with van der Waals surface area (Å²) in [6, 6.07) is 4.70. The van der Waals surface area contributed by atoms with Crippen LogP contribution in [0.25, 0.3) is 0 Å². The van der Waals surface area contributed by atoms with E-state index in [1.807, 2.05) is 6.07 Å². The number of amides is 1. The molecule has 0 saturated heterocycles. The zero-order valence-corrected chi connectivity index (χ0v) is 20.2. The van der Waals surface area contributed by atoms with E-state index in [4.69, 9.17) is 0 Å². The summed E-state index contributed by atoms with van der Waals surface area (Å²) in [4.78, 5) is 29.9. The maximum Gasteiger partial charge on any atom is 0.416 e. The second kappa shape index (κ2) is 9.85. The molecule has 0 fully saturated rings. The third-order valence-electron chi connectivity index (χ3n) is 6.03. The summed E-state index contributed by atoms with van der Waals surface area (Å²) < 4.78 is 47.9. The molecule has 0 saturated carbocycles. The van der Waals surface area contributed by atoms with Gasteiger partial charge in [0, 0.05) is 32.1 Å². The molecule has 4 rings (SSSR count). The number of aromatic hydroxyl groups is 1. The molecule has 0 bridgehead atoms. The van der Waals surface area contributed by atoms with E-state index in [1.165, 1.54) is 24.1 Å². The lowest BCUT2D eigenvalue weighted by molar-refractivity contribution is -0.137. The minimum atomic E-state index is -4.68. The van der Waals surface area contributed by atoms with E-state index in [1.54, 1.807) is 20.2 Å². The lowest BCUT2D eigenvalue weighted by Crippen LogP contribution is -2.29. The lowest BCUT2D eigenvalue weighted by atomic mass is 9.79. The van der Waals surface area contributed by atoms with Gasteiger partial charge in [-0.25, -0.2) is 4.98 Å². The molecule has 1 aromatic carbocycles. The van der Waals surface area contributed by atoms with E-state index in [2.05, 4.69) is 25.1 Å². The van der Waals surface area contributed by atoms with E-state index >= 15 is 0 Å². The molecule has 196 valence electrons. The van der Waals surface area contributed by atoms with E-state index in [-0.39, 0.29) is 22.6 Å². The van der Waals surface area contributed by atoms with Gasteiger partial charge in [-0.2, -0.15) is 23.5 Å². The normalized spacial score (nSPS) is 13.1. The predicted molar refractivity (Wildman–Crippen MR) is 125 cm³/mol. The first-order valence-electron chi connectivity index (χ1n) is 11.0. The summed E-state index contributed by atoms with van der Waals surface area (Å²) in [5.41, 5.74) is -1.93. The molecule has 11 nitrogen and oxygen atoms in total. The molecule has 14 heteroatoms. The Hall–Kier alpha value is -4.93. The summed E-state index contributed by atoms with van der Waals surface area (Å²) in [6.45, 7) is 1.58. The summed E-state index contributed by atoms with van der Waals surface area (Å²) in [6.07, 6.45) is 0.633. The number of aryl methyl sites for hydroxylation is 1. The Kier molecular flexibility index (Phi) is 6.77. The molecule has 0 unspecified atom stereocenters. The van der Waals surface area contributed by atoms with Gasteiger partial charge in [0.15, 0.2) is 5.69 Å². The van der Waals surface area contributed by atoms with Crippen molar-refractivity contribution in [1.29, 1.82) is 5.26 Å². The zero-order valence-electron chi connectivity index (χ0n) is 20.2. The van der Waals surface area contributed by atoms with Crippen molar-refractivity contribution in [3.8, 4) is 11.8 Å². The third-order valence-corrected chi connectivity index (χ3v) is 6.03. The number of carbonyl (C=O) groups excluding carboxylic acids is 1. The maximum absolute atomic E-state index is 13.6. The number of halogens is 3. The van der Waals surface area contributed by atoms with Gasteiger partial charge < -0.3 is 14.9 Å².